The van der Waals surface area contributed by atoms with Gasteiger partial charge in [-0.25, -0.2) is 4.79 Å². The molecule has 5 atom stereocenters. The highest BCUT2D eigenvalue weighted by Gasteiger charge is 2.33. The van der Waals surface area contributed by atoms with Crippen molar-refractivity contribution in [2.24, 2.45) is 17.2 Å². The molecule has 0 aliphatic rings. The van der Waals surface area contributed by atoms with Gasteiger partial charge < -0.3 is 48.5 Å². The minimum atomic E-state index is -1.70. The zero-order chi connectivity index (χ0) is 26.6. The van der Waals surface area contributed by atoms with Crippen molar-refractivity contribution in [3.63, 3.8) is 0 Å². The SMILES string of the molecule is CC(O)C(NC(=O)C(CCC(N)=O)NC(=O)C(N)CC(=O)O)C(=O)NC(CCC(N)=O)C(=O)O. The van der Waals surface area contributed by atoms with E-state index in [2.05, 4.69) is 16.0 Å². The molecule has 192 valence electrons. The molecule has 16 heteroatoms. The molecule has 0 aliphatic heterocycles. The molecule has 0 bridgehead atoms. The number of nitrogens with one attached hydrogen (secondary N) is 3. The van der Waals surface area contributed by atoms with Gasteiger partial charge in [0.25, 0.3) is 0 Å². The van der Waals surface area contributed by atoms with Crippen LogP contribution in [0, 0.1) is 0 Å². The first-order chi connectivity index (χ1) is 15.6. The fraction of sp³-hybridized carbons (Fsp3) is 0.611. The van der Waals surface area contributed by atoms with E-state index >= 15 is 0 Å². The monoisotopic (exact) mass is 490 g/mol. The molecular formula is C18H30N6O10. The summed E-state index contributed by atoms with van der Waals surface area (Å²) in [6.45, 7) is 1.11. The van der Waals surface area contributed by atoms with Crippen molar-refractivity contribution in [3.8, 4) is 0 Å². The molecular weight excluding hydrogens is 460 g/mol. The average Bonchev–Trinajstić information content (AvgIpc) is 2.70. The molecule has 5 unspecified atom stereocenters. The number of hydrogen-bond acceptors (Lipinski definition) is 9. The highest BCUT2D eigenvalue weighted by molar-refractivity contribution is 5.95. The number of nitrogens with two attached hydrogens (primary N) is 3. The van der Waals surface area contributed by atoms with Gasteiger partial charge in [-0.2, -0.15) is 0 Å². The summed E-state index contributed by atoms with van der Waals surface area (Å²) in [5, 5.41) is 34.2. The van der Waals surface area contributed by atoms with E-state index in [1.165, 1.54) is 0 Å². The van der Waals surface area contributed by atoms with E-state index in [4.69, 9.17) is 22.3 Å². The van der Waals surface area contributed by atoms with Gasteiger partial charge in [0, 0.05) is 12.8 Å². The molecule has 0 saturated carbocycles. The van der Waals surface area contributed by atoms with Gasteiger partial charge in [-0.1, -0.05) is 0 Å². The highest BCUT2D eigenvalue weighted by Crippen LogP contribution is 2.04. The number of rotatable bonds is 16. The molecule has 0 aromatic heterocycles. The lowest BCUT2D eigenvalue weighted by atomic mass is 10.1. The van der Waals surface area contributed by atoms with Gasteiger partial charge in [0.15, 0.2) is 0 Å². The summed E-state index contributed by atoms with van der Waals surface area (Å²) >= 11 is 0. The van der Waals surface area contributed by atoms with Gasteiger partial charge in [0.05, 0.1) is 18.6 Å². The number of aliphatic hydroxyl groups is 1. The predicted octanol–water partition coefficient (Wildman–Crippen LogP) is -4.76. The number of carbonyl (C=O) groups is 7. The Labute approximate surface area is 193 Å². The minimum Gasteiger partial charge on any atom is -0.481 e. The predicted molar refractivity (Wildman–Crippen MR) is 112 cm³/mol. The first kappa shape index (κ1) is 30.2. The van der Waals surface area contributed by atoms with Crippen LogP contribution in [0.25, 0.3) is 0 Å². The zero-order valence-electron chi connectivity index (χ0n) is 18.4. The molecule has 16 nitrogen and oxygen atoms in total. The molecule has 5 amide bonds. The van der Waals surface area contributed by atoms with E-state index in [1.807, 2.05) is 0 Å². The Morgan fingerprint density at radius 3 is 1.65 bits per heavy atom. The second-order valence-corrected chi connectivity index (χ2v) is 7.40. The Bertz CT molecular complexity index is 802. The fourth-order valence-electron chi connectivity index (χ4n) is 2.58. The lowest BCUT2D eigenvalue weighted by Crippen LogP contribution is -2.60. The lowest BCUT2D eigenvalue weighted by molar-refractivity contribution is -0.143. The third-order valence-electron chi connectivity index (χ3n) is 4.40. The normalized spacial score (nSPS) is 15.0. The summed E-state index contributed by atoms with van der Waals surface area (Å²) in [6.07, 6.45) is -3.74. The molecule has 0 aromatic carbocycles. The summed E-state index contributed by atoms with van der Waals surface area (Å²) < 4.78 is 0. The maximum absolute atomic E-state index is 12.7. The van der Waals surface area contributed by atoms with Crippen molar-refractivity contribution in [1.82, 2.24) is 16.0 Å². The molecule has 0 radical (unpaired) electrons. The van der Waals surface area contributed by atoms with Crippen LogP contribution < -0.4 is 33.2 Å². The number of aliphatic carboxylic acids is 2. The average molecular weight is 490 g/mol. The van der Waals surface area contributed by atoms with Crippen LogP contribution in [0.5, 0.6) is 0 Å². The summed E-state index contributed by atoms with van der Waals surface area (Å²) in [7, 11) is 0. The van der Waals surface area contributed by atoms with Crippen LogP contribution in [0.2, 0.25) is 0 Å². The quantitative estimate of drug-likeness (QED) is 0.0988. The van der Waals surface area contributed by atoms with Crippen molar-refractivity contribution in [2.45, 2.75) is 69.3 Å². The summed E-state index contributed by atoms with van der Waals surface area (Å²) in [5.41, 5.74) is 15.5. The number of amides is 5. The Morgan fingerprint density at radius 2 is 1.24 bits per heavy atom. The van der Waals surface area contributed by atoms with Gasteiger partial charge in [-0.3, -0.25) is 28.8 Å². The van der Waals surface area contributed by atoms with E-state index in [1.54, 1.807) is 0 Å². The molecule has 0 rings (SSSR count). The van der Waals surface area contributed by atoms with Crippen LogP contribution in [0.15, 0.2) is 0 Å². The Balaban J connectivity index is 5.50. The third-order valence-corrected chi connectivity index (χ3v) is 4.40. The zero-order valence-corrected chi connectivity index (χ0v) is 18.4. The summed E-state index contributed by atoms with van der Waals surface area (Å²) in [6, 6.07) is -6.29. The maximum atomic E-state index is 12.7. The first-order valence-corrected chi connectivity index (χ1v) is 10.0. The van der Waals surface area contributed by atoms with Crippen LogP contribution in [0.3, 0.4) is 0 Å². The van der Waals surface area contributed by atoms with E-state index < -0.39 is 78.2 Å². The van der Waals surface area contributed by atoms with Crippen molar-refractivity contribution in [1.29, 1.82) is 0 Å². The van der Waals surface area contributed by atoms with Gasteiger partial charge in [0.1, 0.15) is 18.1 Å². The smallest absolute Gasteiger partial charge is 0.326 e. The molecule has 0 spiro atoms. The molecule has 0 fully saturated rings. The molecule has 34 heavy (non-hydrogen) atoms. The van der Waals surface area contributed by atoms with Gasteiger partial charge >= 0.3 is 11.9 Å². The Hall–Kier alpha value is -3.79. The number of carbonyl (C=O) groups excluding carboxylic acids is 5. The Morgan fingerprint density at radius 1 is 0.765 bits per heavy atom. The van der Waals surface area contributed by atoms with E-state index in [-0.39, 0.29) is 25.7 Å². The summed E-state index contributed by atoms with van der Waals surface area (Å²) in [4.78, 5) is 81.3. The molecule has 0 heterocycles. The maximum Gasteiger partial charge on any atom is 0.326 e. The summed E-state index contributed by atoms with van der Waals surface area (Å²) in [5.74, 6) is -7.74. The van der Waals surface area contributed by atoms with E-state index in [0.717, 1.165) is 6.92 Å². The lowest BCUT2D eigenvalue weighted by Gasteiger charge is -2.26. The molecule has 0 saturated heterocycles. The van der Waals surface area contributed by atoms with Gasteiger partial charge in [0.2, 0.25) is 29.5 Å². The first-order valence-electron chi connectivity index (χ1n) is 10.0. The van der Waals surface area contributed by atoms with Crippen LogP contribution in [0.4, 0.5) is 0 Å². The van der Waals surface area contributed by atoms with Crippen LogP contribution in [-0.4, -0.2) is 87.1 Å². The van der Waals surface area contributed by atoms with Crippen LogP contribution in [0.1, 0.15) is 39.0 Å². The number of hydrogen-bond donors (Lipinski definition) is 9. The number of carboxylic acid groups (broad SMARTS) is 2. The molecule has 12 N–H and O–H groups in total. The highest BCUT2D eigenvalue weighted by atomic mass is 16.4. The van der Waals surface area contributed by atoms with Crippen LogP contribution >= 0.6 is 0 Å². The van der Waals surface area contributed by atoms with Crippen LogP contribution in [-0.2, 0) is 33.6 Å². The van der Waals surface area contributed by atoms with Gasteiger partial charge in [-0.15, -0.1) is 0 Å². The second kappa shape index (κ2) is 14.4. The Kier molecular flexibility index (Phi) is 12.8. The van der Waals surface area contributed by atoms with Crippen molar-refractivity contribution in [2.75, 3.05) is 0 Å². The van der Waals surface area contributed by atoms with Gasteiger partial charge in [-0.05, 0) is 19.8 Å². The number of carboxylic acids is 2. The third kappa shape index (κ3) is 11.7. The van der Waals surface area contributed by atoms with Crippen molar-refractivity contribution in [3.05, 3.63) is 0 Å². The molecule has 0 aromatic rings. The standard InChI is InChI=1S/C18H30N6O10/c1-7(25)14(17(32)23-10(18(33)34)3-5-12(21)27)24-16(31)9(2-4-11(20)26)22-15(30)8(19)6-13(28)29/h7-10,14,25H,2-6,19H2,1H3,(H2,20,26)(H2,21,27)(H,22,30)(H,23,32)(H,24,31)(H,28,29)(H,33,34). The molecule has 0 aliphatic carbocycles. The second-order valence-electron chi connectivity index (χ2n) is 7.40. The minimum absolute atomic E-state index is 0.350. The number of aliphatic hydroxyl groups excluding tert-OH is 1. The topological polar surface area (TPSA) is 294 Å². The number of primary amides is 2. The fourth-order valence-corrected chi connectivity index (χ4v) is 2.58. The largest absolute Gasteiger partial charge is 0.481 e. The van der Waals surface area contributed by atoms with Crippen molar-refractivity contribution >= 4 is 41.5 Å². The van der Waals surface area contributed by atoms with E-state index in [0.29, 0.717) is 0 Å². The van der Waals surface area contributed by atoms with Crippen molar-refractivity contribution < 1.29 is 48.9 Å². The van der Waals surface area contributed by atoms with E-state index in [9.17, 15) is 43.8 Å².